The fourth-order valence-corrected chi connectivity index (χ4v) is 3.61. The van der Waals surface area contributed by atoms with Crippen LogP contribution in [-0.2, 0) is 6.54 Å². The molecule has 124 valence electrons. The first-order valence-electron chi connectivity index (χ1n) is 8.72. The molecule has 3 aromatic carbocycles. The van der Waals surface area contributed by atoms with Gasteiger partial charge in [0, 0.05) is 24.2 Å². The summed E-state index contributed by atoms with van der Waals surface area (Å²) in [6, 6.07) is 26.7. The van der Waals surface area contributed by atoms with Gasteiger partial charge in [-0.1, -0.05) is 72.3 Å². The van der Waals surface area contributed by atoms with Gasteiger partial charge in [-0.2, -0.15) is 0 Å². The third-order valence-electron chi connectivity index (χ3n) is 4.97. The Hall–Kier alpha value is -2.87. The molecule has 0 bridgehead atoms. The number of carbonyl (C=O) groups excluding carboxylic acids is 1. The van der Waals surface area contributed by atoms with Crippen molar-refractivity contribution < 1.29 is 4.79 Å². The molecule has 1 heterocycles. The van der Waals surface area contributed by atoms with Gasteiger partial charge in [0.2, 0.25) is 0 Å². The molecule has 0 fully saturated rings. The number of Topliss-reactive ketones (excluding diaryl/α,β-unsaturated/α-hetero) is 1. The second-order valence-electron chi connectivity index (χ2n) is 6.67. The largest absolute Gasteiger partial charge is 0.360 e. The minimum atomic E-state index is 0.0895. The molecule has 1 atom stereocenters. The van der Waals surface area contributed by atoms with Gasteiger partial charge in [-0.25, -0.2) is 0 Å². The fourth-order valence-electron chi connectivity index (χ4n) is 3.61. The van der Waals surface area contributed by atoms with Crippen molar-refractivity contribution in [3.63, 3.8) is 0 Å². The van der Waals surface area contributed by atoms with Crippen molar-refractivity contribution >= 4 is 11.5 Å². The smallest absolute Gasteiger partial charge is 0.165 e. The first kappa shape index (κ1) is 15.6. The van der Waals surface area contributed by atoms with Crippen molar-refractivity contribution in [1.29, 1.82) is 0 Å². The maximum atomic E-state index is 12.8. The van der Waals surface area contributed by atoms with Crippen LogP contribution in [0.2, 0.25) is 0 Å². The van der Waals surface area contributed by atoms with E-state index in [1.165, 1.54) is 22.4 Å². The van der Waals surface area contributed by atoms with Crippen LogP contribution < -0.4 is 4.90 Å². The summed E-state index contributed by atoms with van der Waals surface area (Å²) < 4.78 is 0. The lowest BCUT2D eigenvalue weighted by atomic mass is 9.97. The van der Waals surface area contributed by atoms with Crippen LogP contribution in [0.25, 0.3) is 0 Å². The topological polar surface area (TPSA) is 20.3 Å². The predicted octanol–water partition coefficient (Wildman–Crippen LogP) is 5.33. The standard InChI is InChI=1S/C23H21NO/c1-17-11-13-20(14-12-17)24-16-19-9-5-6-10-21(19)22(24)15-23(25)18-7-3-2-4-8-18/h2-14,22H,15-16H2,1H3. The summed E-state index contributed by atoms with van der Waals surface area (Å²) in [7, 11) is 0. The third-order valence-corrected chi connectivity index (χ3v) is 4.97. The van der Waals surface area contributed by atoms with Crippen LogP contribution in [0.3, 0.4) is 0 Å². The molecule has 0 aromatic heterocycles. The van der Waals surface area contributed by atoms with Crippen molar-refractivity contribution in [3.05, 3.63) is 101 Å². The zero-order valence-electron chi connectivity index (χ0n) is 14.4. The first-order chi connectivity index (χ1) is 12.2. The number of hydrogen-bond donors (Lipinski definition) is 0. The van der Waals surface area contributed by atoms with Crippen LogP contribution >= 0.6 is 0 Å². The summed E-state index contributed by atoms with van der Waals surface area (Å²) in [5.41, 5.74) is 5.79. The normalized spacial score (nSPS) is 15.9. The Morgan fingerprint density at radius 1 is 0.920 bits per heavy atom. The summed E-state index contributed by atoms with van der Waals surface area (Å²) in [4.78, 5) is 15.2. The zero-order valence-corrected chi connectivity index (χ0v) is 14.4. The number of ketones is 1. The molecule has 1 aliphatic rings. The van der Waals surface area contributed by atoms with E-state index >= 15 is 0 Å². The zero-order chi connectivity index (χ0) is 17.2. The van der Waals surface area contributed by atoms with Gasteiger partial charge in [-0.3, -0.25) is 4.79 Å². The van der Waals surface area contributed by atoms with Crippen LogP contribution in [-0.4, -0.2) is 5.78 Å². The van der Waals surface area contributed by atoms with E-state index in [1.54, 1.807) is 0 Å². The molecule has 0 aliphatic carbocycles. The Kier molecular flexibility index (Phi) is 4.10. The van der Waals surface area contributed by atoms with Gasteiger partial charge in [0.1, 0.15) is 0 Å². The van der Waals surface area contributed by atoms with Crippen molar-refractivity contribution in [2.45, 2.75) is 25.9 Å². The third kappa shape index (κ3) is 3.08. The Morgan fingerprint density at radius 2 is 1.60 bits per heavy atom. The molecule has 0 spiro atoms. The van der Waals surface area contributed by atoms with Crippen molar-refractivity contribution in [1.82, 2.24) is 0 Å². The summed E-state index contributed by atoms with van der Waals surface area (Å²) in [5.74, 6) is 0.194. The lowest BCUT2D eigenvalue weighted by molar-refractivity contribution is 0.0974. The molecule has 0 radical (unpaired) electrons. The Labute approximate surface area is 148 Å². The Morgan fingerprint density at radius 3 is 2.36 bits per heavy atom. The number of rotatable bonds is 4. The van der Waals surface area contributed by atoms with E-state index in [1.807, 2.05) is 30.3 Å². The highest BCUT2D eigenvalue weighted by atomic mass is 16.1. The molecule has 4 rings (SSSR count). The molecule has 0 amide bonds. The highest BCUT2D eigenvalue weighted by Gasteiger charge is 2.31. The van der Waals surface area contributed by atoms with E-state index in [0.29, 0.717) is 6.42 Å². The van der Waals surface area contributed by atoms with E-state index in [-0.39, 0.29) is 11.8 Å². The van der Waals surface area contributed by atoms with E-state index in [4.69, 9.17) is 0 Å². The van der Waals surface area contributed by atoms with Crippen LogP contribution in [0.15, 0.2) is 78.9 Å². The van der Waals surface area contributed by atoms with E-state index in [0.717, 1.165) is 12.1 Å². The minimum Gasteiger partial charge on any atom is -0.360 e. The summed E-state index contributed by atoms with van der Waals surface area (Å²) in [5, 5.41) is 0. The lowest BCUT2D eigenvalue weighted by Crippen LogP contribution is -2.23. The number of hydrogen-bond acceptors (Lipinski definition) is 2. The molecule has 1 aliphatic heterocycles. The number of fused-ring (bicyclic) bond motifs is 1. The maximum Gasteiger partial charge on any atom is 0.165 e. The highest BCUT2D eigenvalue weighted by molar-refractivity contribution is 5.96. The monoisotopic (exact) mass is 327 g/mol. The van der Waals surface area contributed by atoms with E-state index < -0.39 is 0 Å². The second kappa shape index (κ2) is 6.56. The minimum absolute atomic E-state index is 0.0895. The van der Waals surface area contributed by atoms with Crippen molar-refractivity contribution in [2.24, 2.45) is 0 Å². The van der Waals surface area contributed by atoms with Gasteiger partial charge >= 0.3 is 0 Å². The molecule has 25 heavy (non-hydrogen) atoms. The molecule has 3 aromatic rings. The van der Waals surface area contributed by atoms with Crippen LogP contribution in [0.4, 0.5) is 5.69 Å². The second-order valence-corrected chi connectivity index (χ2v) is 6.67. The SMILES string of the molecule is Cc1ccc(N2Cc3ccccc3C2CC(=O)c2ccccc2)cc1. The highest BCUT2D eigenvalue weighted by Crippen LogP contribution is 2.40. The van der Waals surface area contributed by atoms with Crippen molar-refractivity contribution in [2.75, 3.05) is 4.90 Å². The molecule has 2 heteroatoms. The van der Waals surface area contributed by atoms with Gasteiger partial charge in [-0.05, 0) is 30.2 Å². The molecule has 1 unspecified atom stereocenters. The van der Waals surface area contributed by atoms with Gasteiger partial charge in [0.25, 0.3) is 0 Å². The van der Waals surface area contributed by atoms with Gasteiger partial charge in [0.05, 0.1) is 6.04 Å². The molecular weight excluding hydrogens is 306 g/mol. The molecule has 0 N–H and O–H groups in total. The predicted molar refractivity (Wildman–Crippen MR) is 102 cm³/mol. The Balaban J connectivity index is 1.67. The number of benzene rings is 3. The summed E-state index contributed by atoms with van der Waals surface area (Å²) in [6.07, 6.45) is 0.495. The van der Waals surface area contributed by atoms with Gasteiger partial charge in [0.15, 0.2) is 5.78 Å². The maximum absolute atomic E-state index is 12.8. The number of carbonyl (C=O) groups is 1. The number of aryl methyl sites for hydroxylation is 1. The van der Waals surface area contributed by atoms with Gasteiger partial charge in [-0.15, -0.1) is 0 Å². The van der Waals surface area contributed by atoms with E-state index in [2.05, 4.69) is 60.4 Å². The summed E-state index contributed by atoms with van der Waals surface area (Å²) >= 11 is 0. The van der Waals surface area contributed by atoms with Crippen LogP contribution in [0.1, 0.15) is 39.5 Å². The van der Waals surface area contributed by atoms with Crippen LogP contribution in [0.5, 0.6) is 0 Å². The van der Waals surface area contributed by atoms with Crippen LogP contribution in [0, 0.1) is 6.92 Å². The molecule has 0 saturated heterocycles. The molecule has 0 saturated carbocycles. The lowest BCUT2D eigenvalue weighted by Gasteiger charge is -2.27. The quantitative estimate of drug-likeness (QED) is 0.604. The average Bonchev–Trinajstić information content (AvgIpc) is 3.02. The first-order valence-corrected chi connectivity index (χ1v) is 8.72. The average molecular weight is 327 g/mol. The number of anilines is 1. The summed E-state index contributed by atoms with van der Waals surface area (Å²) in [6.45, 7) is 2.95. The van der Waals surface area contributed by atoms with Crippen molar-refractivity contribution in [3.8, 4) is 0 Å². The molecular formula is C23H21NO. The molecule has 2 nitrogen and oxygen atoms in total. The number of nitrogens with zero attached hydrogens (tertiary/aromatic N) is 1. The Bertz CT molecular complexity index is 883. The fraction of sp³-hybridized carbons (Fsp3) is 0.174. The van der Waals surface area contributed by atoms with Gasteiger partial charge < -0.3 is 4.90 Å². The van der Waals surface area contributed by atoms with E-state index in [9.17, 15) is 4.79 Å².